The van der Waals surface area contributed by atoms with Crippen molar-refractivity contribution in [2.24, 2.45) is 5.41 Å². The summed E-state index contributed by atoms with van der Waals surface area (Å²) >= 11 is 12.6. The lowest BCUT2D eigenvalue weighted by Gasteiger charge is -2.29. The molecule has 1 saturated heterocycles. The quantitative estimate of drug-likeness (QED) is 0.583. The number of likely N-dealkylation sites (tertiary alicyclic amines) is 1. The van der Waals surface area contributed by atoms with Gasteiger partial charge in [0, 0.05) is 43.1 Å². The monoisotopic (exact) mass is 410 g/mol. The summed E-state index contributed by atoms with van der Waals surface area (Å²) in [6.45, 7) is 6.09. The maximum absolute atomic E-state index is 13.1. The maximum atomic E-state index is 13.1. The van der Waals surface area contributed by atoms with Crippen LogP contribution in [0.15, 0.2) is 36.7 Å². The van der Waals surface area contributed by atoms with Crippen molar-refractivity contribution in [1.29, 1.82) is 0 Å². The Balaban J connectivity index is 1.67. The van der Waals surface area contributed by atoms with Crippen LogP contribution in [0.3, 0.4) is 0 Å². The minimum Gasteiger partial charge on any atom is -0.381 e. The number of aromatic nitrogens is 1. The summed E-state index contributed by atoms with van der Waals surface area (Å²) in [7, 11) is 0. The van der Waals surface area contributed by atoms with Crippen molar-refractivity contribution in [1.82, 2.24) is 9.88 Å². The van der Waals surface area contributed by atoms with E-state index < -0.39 is 0 Å². The van der Waals surface area contributed by atoms with Gasteiger partial charge in [-0.3, -0.25) is 9.88 Å². The molecule has 0 spiro atoms. The van der Waals surface area contributed by atoms with Gasteiger partial charge in [-0.15, -0.1) is 0 Å². The molecule has 0 unspecified atom stereocenters. The van der Waals surface area contributed by atoms with E-state index in [9.17, 15) is 4.39 Å². The first-order chi connectivity index (χ1) is 13.0. The Morgan fingerprint density at radius 1 is 1.19 bits per heavy atom. The van der Waals surface area contributed by atoms with Crippen LogP contribution >= 0.6 is 23.2 Å². The highest BCUT2D eigenvalue weighted by molar-refractivity contribution is 6.35. The minimum atomic E-state index is -0.194. The Morgan fingerprint density at radius 2 is 1.89 bits per heavy atom. The summed E-state index contributed by atoms with van der Waals surface area (Å²) in [4.78, 5) is 6.41. The highest BCUT2D eigenvalue weighted by atomic mass is 35.5. The summed E-state index contributed by atoms with van der Waals surface area (Å²) in [5.41, 5.74) is 2.18. The van der Waals surface area contributed by atoms with E-state index in [1.807, 2.05) is 19.1 Å². The molecule has 1 aromatic carbocycles. The van der Waals surface area contributed by atoms with Gasteiger partial charge in [-0.2, -0.15) is 0 Å². The number of ether oxygens (including phenoxy) is 1. The van der Waals surface area contributed by atoms with E-state index in [-0.39, 0.29) is 11.2 Å². The highest BCUT2D eigenvalue weighted by Gasteiger charge is 2.38. The second kappa shape index (κ2) is 9.33. The molecule has 3 rings (SSSR count). The first-order valence-electron chi connectivity index (χ1n) is 9.34. The molecular formula is C21H25Cl2FN2O. The molecule has 27 heavy (non-hydrogen) atoms. The van der Waals surface area contributed by atoms with Crippen LogP contribution in [0.25, 0.3) is 0 Å². The van der Waals surface area contributed by atoms with Gasteiger partial charge in [-0.1, -0.05) is 35.3 Å². The lowest BCUT2D eigenvalue weighted by Crippen LogP contribution is -2.32. The van der Waals surface area contributed by atoms with Crippen LogP contribution in [0, 0.1) is 11.2 Å². The molecule has 0 aliphatic carbocycles. The topological polar surface area (TPSA) is 25.4 Å². The summed E-state index contributed by atoms with van der Waals surface area (Å²) < 4.78 is 19.0. The van der Waals surface area contributed by atoms with Crippen LogP contribution in [-0.2, 0) is 17.7 Å². The molecule has 0 N–H and O–H groups in total. The molecule has 0 radical (unpaired) electrons. The lowest BCUT2D eigenvalue weighted by atomic mass is 9.82. The zero-order valence-corrected chi connectivity index (χ0v) is 17.1. The lowest BCUT2D eigenvalue weighted by molar-refractivity contribution is 0.0489. The van der Waals surface area contributed by atoms with E-state index in [0.717, 1.165) is 50.1 Å². The molecular weight excluding hydrogens is 386 g/mol. The summed E-state index contributed by atoms with van der Waals surface area (Å²) in [6.07, 6.45) is 6.26. The van der Waals surface area contributed by atoms with E-state index >= 15 is 0 Å². The van der Waals surface area contributed by atoms with Crippen molar-refractivity contribution in [2.75, 3.05) is 26.3 Å². The molecule has 0 saturated carbocycles. The SMILES string of the molecule is CCOC[C@]1(CCc2ccc(F)cc2)CCN(Cc2c(Cl)cncc2Cl)C1. The number of aryl methyl sites for hydroxylation is 1. The molecule has 2 aromatic rings. The smallest absolute Gasteiger partial charge is 0.123 e. The fourth-order valence-electron chi connectivity index (χ4n) is 3.75. The second-order valence-electron chi connectivity index (χ2n) is 7.31. The number of pyridine rings is 1. The van der Waals surface area contributed by atoms with E-state index in [4.69, 9.17) is 27.9 Å². The normalized spacial score (nSPS) is 20.3. The van der Waals surface area contributed by atoms with E-state index in [2.05, 4.69) is 9.88 Å². The number of benzene rings is 1. The zero-order valence-electron chi connectivity index (χ0n) is 15.6. The van der Waals surface area contributed by atoms with Gasteiger partial charge in [0.2, 0.25) is 0 Å². The van der Waals surface area contributed by atoms with Crippen LogP contribution in [0.2, 0.25) is 10.0 Å². The second-order valence-corrected chi connectivity index (χ2v) is 8.12. The Morgan fingerprint density at radius 3 is 2.56 bits per heavy atom. The van der Waals surface area contributed by atoms with Gasteiger partial charge < -0.3 is 4.74 Å². The van der Waals surface area contributed by atoms with Gasteiger partial charge >= 0.3 is 0 Å². The summed E-state index contributed by atoms with van der Waals surface area (Å²) in [6, 6.07) is 6.79. The Labute approximate surface area is 170 Å². The Kier molecular flexibility index (Phi) is 7.10. The van der Waals surface area contributed by atoms with Crippen molar-refractivity contribution >= 4 is 23.2 Å². The fraction of sp³-hybridized carbons (Fsp3) is 0.476. The van der Waals surface area contributed by atoms with Crippen LogP contribution in [0.1, 0.15) is 30.9 Å². The third-order valence-corrected chi connectivity index (χ3v) is 5.97. The van der Waals surface area contributed by atoms with Gasteiger partial charge in [0.1, 0.15) is 5.82 Å². The summed E-state index contributed by atoms with van der Waals surface area (Å²) in [5.74, 6) is -0.194. The maximum Gasteiger partial charge on any atom is 0.123 e. The predicted octanol–water partition coefficient (Wildman–Crippen LogP) is 5.39. The average Bonchev–Trinajstić information content (AvgIpc) is 3.06. The molecule has 1 fully saturated rings. The number of halogens is 3. The van der Waals surface area contributed by atoms with E-state index in [1.165, 1.54) is 12.1 Å². The molecule has 6 heteroatoms. The first-order valence-corrected chi connectivity index (χ1v) is 10.1. The van der Waals surface area contributed by atoms with E-state index in [1.54, 1.807) is 12.4 Å². The molecule has 146 valence electrons. The van der Waals surface area contributed by atoms with Crippen molar-refractivity contribution in [3.63, 3.8) is 0 Å². The average molecular weight is 411 g/mol. The van der Waals surface area contributed by atoms with Gasteiger partial charge in [0.05, 0.1) is 16.7 Å². The third-order valence-electron chi connectivity index (χ3n) is 5.32. The predicted molar refractivity (Wildman–Crippen MR) is 108 cm³/mol. The van der Waals surface area contributed by atoms with Gasteiger partial charge in [-0.05, 0) is 50.4 Å². The molecule has 1 atom stereocenters. The molecule has 0 amide bonds. The standard InChI is InChI=1S/C21H25Cl2FN2O/c1-2-27-15-21(8-7-16-3-5-17(24)6-4-16)9-10-26(14-21)13-18-19(22)11-25-12-20(18)23/h3-6,11-12H,2,7-10,13-15H2,1H3/t21-/m1/s1. The fourth-order valence-corrected chi connectivity index (χ4v) is 4.23. The van der Waals surface area contributed by atoms with Crippen LogP contribution in [-0.4, -0.2) is 36.2 Å². The molecule has 1 aliphatic rings. The third kappa shape index (κ3) is 5.41. The molecule has 1 aromatic heterocycles. The minimum absolute atomic E-state index is 0.0936. The summed E-state index contributed by atoms with van der Waals surface area (Å²) in [5, 5.41) is 1.22. The highest BCUT2D eigenvalue weighted by Crippen LogP contribution is 2.37. The van der Waals surface area contributed by atoms with Crippen molar-refractivity contribution in [3.05, 3.63) is 63.6 Å². The Hall–Kier alpha value is -1.20. The van der Waals surface area contributed by atoms with Crippen LogP contribution in [0.4, 0.5) is 4.39 Å². The number of hydrogen-bond acceptors (Lipinski definition) is 3. The van der Waals surface area contributed by atoms with Gasteiger partial charge in [-0.25, -0.2) is 4.39 Å². The van der Waals surface area contributed by atoms with Gasteiger partial charge in [0.15, 0.2) is 0 Å². The molecule has 0 bridgehead atoms. The number of rotatable bonds is 8. The van der Waals surface area contributed by atoms with E-state index in [0.29, 0.717) is 23.2 Å². The zero-order chi connectivity index (χ0) is 19.3. The van der Waals surface area contributed by atoms with Gasteiger partial charge in [0.25, 0.3) is 0 Å². The molecule has 1 aliphatic heterocycles. The number of hydrogen-bond donors (Lipinski definition) is 0. The Bertz CT molecular complexity index is 736. The van der Waals surface area contributed by atoms with Crippen molar-refractivity contribution in [3.8, 4) is 0 Å². The molecule has 2 heterocycles. The largest absolute Gasteiger partial charge is 0.381 e. The van der Waals surface area contributed by atoms with Crippen LogP contribution in [0.5, 0.6) is 0 Å². The van der Waals surface area contributed by atoms with Crippen molar-refractivity contribution < 1.29 is 9.13 Å². The first kappa shape index (κ1) is 20.5. The van der Waals surface area contributed by atoms with Crippen molar-refractivity contribution in [2.45, 2.75) is 32.7 Å². The van der Waals surface area contributed by atoms with Crippen LogP contribution < -0.4 is 0 Å². The number of nitrogens with zero attached hydrogens (tertiary/aromatic N) is 2. The molecule has 3 nitrogen and oxygen atoms in total.